The van der Waals surface area contributed by atoms with Crippen LogP contribution >= 0.6 is 0 Å². The SMILES string of the molecule is CCNC(=NCc1cccc(C)c1)NCc1ccc(CN2CCN(C)CC2)cc1. The summed E-state index contributed by atoms with van der Waals surface area (Å²) in [6, 6.07) is 17.5. The summed E-state index contributed by atoms with van der Waals surface area (Å²) in [4.78, 5) is 9.66. The van der Waals surface area contributed by atoms with Gasteiger partial charge in [0.1, 0.15) is 0 Å². The number of nitrogens with zero attached hydrogens (tertiary/aromatic N) is 3. The predicted molar refractivity (Wildman–Crippen MR) is 122 cm³/mol. The average molecular weight is 394 g/mol. The number of rotatable bonds is 7. The number of aryl methyl sites for hydroxylation is 1. The molecule has 1 aliphatic rings. The van der Waals surface area contributed by atoms with E-state index in [1.165, 1.54) is 22.3 Å². The molecule has 0 radical (unpaired) electrons. The van der Waals surface area contributed by atoms with Crippen LogP contribution in [0.2, 0.25) is 0 Å². The molecule has 0 unspecified atom stereocenters. The maximum absolute atomic E-state index is 4.72. The van der Waals surface area contributed by atoms with E-state index >= 15 is 0 Å². The summed E-state index contributed by atoms with van der Waals surface area (Å²) in [5.74, 6) is 0.857. The van der Waals surface area contributed by atoms with Gasteiger partial charge in [0.15, 0.2) is 5.96 Å². The van der Waals surface area contributed by atoms with Crippen molar-refractivity contribution in [1.82, 2.24) is 20.4 Å². The number of hydrogen-bond acceptors (Lipinski definition) is 3. The van der Waals surface area contributed by atoms with E-state index in [4.69, 9.17) is 4.99 Å². The maximum Gasteiger partial charge on any atom is 0.191 e. The average Bonchev–Trinajstić information content (AvgIpc) is 2.73. The summed E-state index contributed by atoms with van der Waals surface area (Å²) in [5, 5.41) is 6.79. The molecule has 0 amide bonds. The molecule has 0 atom stereocenters. The van der Waals surface area contributed by atoms with Gasteiger partial charge in [0.2, 0.25) is 0 Å². The number of piperazine rings is 1. The minimum atomic E-state index is 0.682. The zero-order valence-electron chi connectivity index (χ0n) is 18.1. The Morgan fingerprint density at radius 3 is 2.34 bits per heavy atom. The molecule has 156 valence electrons. The van der Waals surface area contributed by atoms with Gasteiger partial charge in [-0.05, 0) is 37.6 Å². The highest BCUT2D eigenvalue weighted by atomic mass is 15.2. The molecular weight excluding hydrogens is 358 g/mol. The third-order valence-corrected chi connectivity index (χ3v) is 5.33. The van der Waals surface area contributed by atoms with Crippen LogP contribution in [0, 0.1) is 6.92 Å². The van der Waals surface area contributed by atoms with Gasteiger partial charge in [-0.2, -0.15) is 0 Å². The summed E-state index contributed by atoms with van der Waals surface area (Å²) in [6.07, 6.45) is 0. The van der Waals surface area contributed by atoms with Gasteiger partial charge in [0.05, 0.1) is 6.54 Å². The van der Waals surface area contributed by atoms with E-state index in [1.54, 1.807) is 0 Å². The van der Waals surface area contributed by atoms with Gasteiger partial charge in [0, 0.05) is 45.8 Å². The van der Waals surface area contributed by atoms with Crippen LogP contribution in [0.5, 0.6) is 0 Å². The summed E-state index contributed by atoms with van der Waals surface area (Å²) in [5.41, 5.74) is 5.16. The lowest BCUT2D eigenvalue weighted by Crippen LogP contribution is -2.43. The van der Waals surface area contributed by atoms with Crippen molar-refractivity contribution in [2.45, 2.75) is 33.5 Å². The first-order valence-electron chi connectivity index (χ1n) is 10.7. The van der Waals surface area contributed by atoms with Crippen molar-refractivity contribution in [1.29, 1.82) is 0 Å². The Morgan fingerprint density at radius 1 is 0.931 bits per heavy atom. The van der Waals surface area contributed by atoms with Crippen LogP contribution in [-0.2, 0) is 19.6 Å². The van der Waals surface area contributed by atoms with Crippen molar-refractivity contribution in [3.05, 3.63) is 70.8 Å². The number of nitrogens with one attached hydrogen (secondary N) is 2. The highest BCUT2D eigenvalue weighted by Gasteiger charge is 2.13. The molecule has 5 nitrogen and oxygen atoms in total. The third-order valence-electron chi connectivity index (χ3n) is 5.33. The minimum Gasteiger partial charge on any atom is -0.357 e. The molecule has 1 heterocycles. The Labute approximate surface area is 175 Å². The Bertz CT molecular complexity index is 776. The van der Waals surface area contributed by atoms with Crippen LogP contribution in [0.4, 0.5) is 0 Å². The van der Waals surface area contributed by atoms with E-state index in [9.17, 15) is 0 Å². The van der Waals surface area contributed by atoms with E-state index in [0.29, 0.717) is 6.54 Å². The molecule has 0 aliphatic carbocycles. The van der Waals surface area contributed by atoms with E-state index < -0.39 is 0 Å². The number of hydrogen-bond donors (Lipinski definition) is 2. The third kappa shape index (κ3) is 7.18. The lowest BCUT2D eigenvalue weighted by molar-refractivity contribution is 0.148. The van der Waals surface area contributed by atoms with Crippen LogP contribution < -0.4 is 10.6 Å². The summed E-state index contributed by atoms with van der Waals surface area (Å²) >= 11 is 0. The predicted octanol–water partition coefficient (Wildman–Crippen LogP) is 3.00. The van der Waals surface area contributed by atoms with E-state index in [-0.39, 0.29) is 0 Å². The topological polar surface area (TPSA) is 42.9 Å². The molecule has 0 aromatic heterocycles. The minimum absolute atomic E-state index is 0.682. The highest BCUT2D eigenvalue weighted by Crippen LogP contribution is 2.10. The summed E-state index contributed by atoms with van der Waals surface area (Å²) in [7, 11) is 2.20. The van der Waals surface area contributed by atoms with Crippen molar-refractivity contribution in [3.63, 3.8) is 0 Å². The van der Waals surface area contributed by atoms with E-state index in [1.807, 2.05) is 0 Å². The molecule has 2 aromatic rings. The van der Waals surface area contributed by atoms with Gasteiger partial charge in [0.25, 0.3) is 0 Å². The molecule has 29 heavy (non-hydrogen) atoms. The summed E-state index contributed by atoms with van der Waals surface area (Å²) in [6.45, 7) is 12.2. The van der Waals surface area contributed by atoms with Crippen molar-refractivity contribution in [2.24, 2.45) is 4.99 Å². The molecule has 1 aliphatic heterocycles. The monoisotopic (exact) mass is 393 g/mol. The first-order chi connectivity index (χ1) is 14.1. The molecule has 2 aromatic carbocycles. The Morgan fingerprint density at radius 2 is 1.66 bits per heavy atom. The second-order valence-electron chi connectivity index (χ2n) is 7.93. The fraction of sp³-hybridized carbons (Fsp3) is 0.458. The first-order valence-corrected chi connectivity index (χ1v) is 10.7. The first kappa shape index (κ1) is 21.3. The maximum atomic E-state index is 4.72. The number of likely N-dealkylation sites (N-methyl/N-ethyl adjacent to an activating group) is 1. The van der Waals surface area contributed by atoms with Crippen LogP contribution in [0.3, 0.4) is 0 Å². The largest absolute Gasteiger partial charge is 0.357 e. The fourth-order valence-corrected chi connectivity index (χ4v) is 3.54. The molecule has 5 heteroatoms. The second kappa shape index (κ2) is 11.0. The molecule has 1 fully saturated rings. The number of benzene rings is 2. The van der Waals surface area contributed by atoms with E-state index in [0.717, 1.165) is 51.8 Å². The standard InChI is InChI=1S/C24H35N5/c1-4-25-24(27-18-23-7-5-6-20(2)16-23)26-17-21-8-10-22(11-9-21)19-29-14-12-28(3)13-15-29/h5-11,16H,4,12-15,17-19H2,1-3H3,(H2,25,26,27). The highest BCUT2D eigenvalue weighted by molar-refractivity contribution is 5.79. The van der Waals surface area contributed by atoms with Crippen LogP contribution in [0.1, 0.15) is 29.2 Å². The van der Waals surface area contributed by atoms with E-state index in [2.05, 4.69) is 89.9 Å². The quantitative estimate of drug-likeness (QED) is 0.561. The Balaban J connectivity index is 1.50. The number of guanidine groups is 1. The number of aliphatic imine (C=N–C) groups is 1. The fourth-order valence-electron chi connectivity index (χ4n) is 3.54. The summed E-state index contributed by atoms with van der Waals surface area (Å²) < 4.78 is 0. The van der Waals surface area contributed by atoms with Crippen molar-refractivity contribution < 1.29 is 0 Å². The molecule has 3 rings (SSSR count). The molecule has 0 spiro atoms. The molecular formula is C24H35N5. The smallest absolute Gasteiger partial charge is 0.191 e. The van der Waals surface area contributed by atoms with Crippen molar-refractivity contribution in [2.75, 3.05) is 39.8 Å². The Kier molecular flexibility index (Phi) is 8.08. The van der Waals surface area contributed by atoms with Crippen molar-refractivity contribution >= 4 is 5.96 Å². The molecule has 2 N–H and O–H groups in total. The van der Waals surface area contributed by atoms with Crippen LogP contribution in [0.15, 0.2) is 53.5 Å². The van der Waals surface area contributed by atoms with Crippen LogP contribution in [0.25, 0.3) is 0 Å². The van der Waals surface area contributed by atoms with Gasteiger partial charge in [-0.1, -0.05) is 54.1 Å². The zero-order chi connectivity index (χ0) is 20.5. The molecule has 0 saturated carbocycles. The van der Waals surface area contributed by atoms with Gasteiger partial charge in [-0.25, -0.2) is 4.99 Å². The molecule has 1 saturated heterocycles. The second-order valence-corrected chi connectivity index (χ2v) is 7.93. The Hall–Kier alpha value is -2.37. The van der Waals surface area contributed by atoms with Gasteiger partial charge >= 0.3 is 0 Å². The molecule has 0 bridgehead atoms. The normalized spacial score (nSPS) is 16.0. The lowest BCUT2D eigenvalue weighted by atomic mass is 10.1. The van der Waals surface area contributed by atoms with Crippen molar-refractivity contribution in [3.8, 4) is 0 Å². The zero-order valence-corrected chi connectivity index (χ0v) is 18.1. The lowest BCUT2D eigenvalue weighted by Gasteiger charge is -2.32. The van der Waals surface area contributed by atoms with Crippen LogP contribution in [-0.4, -0.2) is 55.5 Å². The van der Waals surface area contributed by atoms with Gasteiger partial charge < -0.3 is 15.5 Å². The van der Waals surface area contributed by atoms with Gasteiger partial charge in [-0.15, -0.1) is 0 Å². The van der Waals surface area contributed by atoms with Gasteiger partial charge in [-0.3, -0.25) is 4.90 Å².